The predicted molar refractivity (Wildman–Crippen MR) is 108 cm³/mol. The van der Waals surface area contributed by atoms with Gasteiger partial charge in [-0.25, -0.2) is 13.2 Å². The average molecular weight is 413 g/mol. The minimum Gasteiger partial charge on any atom is -0.454 e. The third-order valence-corrected chi connectivity index (χ3v) is 4.51. The lowest BCUT2D eigenvalue weighted by molar-refractivity contribution is 0.0462. The van der Waals surface area contributed by atoms with Gasteiger partial charge in [-0.15, -0.1) is 0 Å². The molecule has 0 bridgehead atoms. The number of carbonyl (C=O) groups excluding carboxylic acids is 1. The first-order valence-electron chi connectivity index (χ1n) is 8.55. The fraction of sp³-hybridized carbons (Fsp3) is 0.158. The van der Waals surface area contributed by atoms with Crippen LogP contribution in [-0.2, 0) is 26.9 Å². The van der Waals surface area contributed by atoms with Gasteiger partial charge in [0.15, 0.2) is 22.3 Å². The van der Waals surface area contributed by atoms with Crippen molar-refractivity contribution in [1.29, 1.82) is 0 Å². The highest BCUT2D eigenvalue weighted by atomic mass is 32.2. The summed E-state index contributed by atoms with van der Waals surface area (Å²) in [5.41, 5.74) is 7.21. The molecule has 0 unspecified atom stereocenters. The number of nitrogens with zero attached hydrogens (tertiary/aromatic N) is 3. The molecule has 3 rings (SSSR count). The van der Waals surface area contributed by atoms with E-state index in [0.717, 1.165) is 11.9 Å². The molecule has 3 N–H and O–H groups in total. The molecule has 0 aliphatic carbocycles. The van der Waals surface area contributed by atoms with Crippen LogP contribution in [0.5, 0.6) is 0 Å². The minimum atomic E-state index is -3.21. The zero-order valence-corrected chi connectivity index (χ0v) is 16.4. The van der Waals surface area contributed by atoms with Gasteiger partial charge in [-0.2, -0.15) is 15.0 Å². The molecule has 0 radical (unpaired) electrons. The van der Waals surface area contributed by atoms with Gasteiger partial charge in [-0.05, 0) is 29.8 Å². The Morgan fingerprint density at radius 2 is 1.83 bits per heavy atom. The molecule has 0 amide bonds. The topological polar surface area (TPSA) is 137 Å². The summed E-state index contributed by atoms with van der Waals surface area (Å²) in [5, 5.41) is 2.99. The van der Waals surface area contributed by atoms with Crippen molar-refractivity contribution in [3.05, 3.63) is 71.5 Å². The van der Waals surface area contributed by atoms with E-state index in [2.05, 4.69) is 20.3 Å². The van der Waals surface area contributed by atoms with Gasteiger partial charge in [-0.3, -0.25) is 0 Å². The molecule has 150 valence electrons. The minimum absolute atomic E-state index is 0.0142. The Labute approximate surface area is 167 Å². The van der Waals surface area contributed by atoms with E-state index >= 15 is 0 Å². The van der Waals surface area contributed by atoms with Gasteiger partial charge in [0.25, 0.3) is 0 Å². The van der Waals surface area contributed by atoms with Crippen molar-refractivity contribution in [2.75, 3.05) is 17.3 Å². The summed E-state index contributed by atoms with van der Waals surface area (Å²) >= 11 is 0. The van der Waals surface area contributed by atoms with E-state index in [9.17, 15) is 13.2 Å². The number of nitrogen functional groups attached to an aromatic ring is 1. The van der Waals surface area contributed by atoms with Crippen LogP contribution >= 0.6 is 0 Å². The maximum absolute atomic E-state index is 12.3. The van der Waals surface area contributed by atoms with Crippen LogP contribution in [0.3, 0.4) is 0 Å². The highest BCUT2D eigenvalue weighted by Crippen LogP contribution is 2.14. The summed E-state index contributed by atoms with van der Waals surface area (Å²) in [6, 6.07) is 15.5. The van der Waals surface area contributed by atoms with Gasteiger partial charge in [0.2, 0.25) is 11.9 Å². The number of anilines is 3. The maximum atomic E-state index is 12.3. The van der Waals surface area contributed by atoms with Crippen molar-refractivity contribution < 1.29 is 17.9 Å². The number of esters is 1. The largest absolute Gasteiger partial charge is 0.454 e. The predicted octanol–water partition coefficient (Wildman–Crippen LogP) is 2.10. The van der Waals surface area contributed by atoms with Gasteiger partial charge >= 0.3 is 5.97 Å². The van der Waals surface area contributed by atoms with Crippen LogP contribution in [0.2, 0.25) is 0 Å². The number of hydrogen-bond donors (Lipinski definition) is 2. The molecule has 0 aliphatic heterocycles. The van der Waals surface area contributed by atoms with Crippen LogP contribution in [0.4, 0.5) is 17.6 Å². The number of nitrogens with two attached hydrogens (primary N) is 1. The summed E-state index contributed by atoms with van der Waals surface area (Å²) in [6.45, 7) is -0.217. The zero-order chi connectivity index (χ0) is 20.9. The summed E-state index contributed by atoms with van der Waals surface area (Å²) in [4.78, 5) is 24.5. The average Bonchev–Trinajstić information content (AvgIpc) is 2.65. The summed E-state index contributed by atoms with van der Waals surface area (Å²) in [7, 11) is -3.21. The second-order valence-electron chi connectivity index (χ2n) is 6.27. The summed E-state index contributed by atoms with van der Waals surface area (Å²) in [5.74, 6) is -0.398. The van der Waals surface area contributed by atoms with Crippen LogP contribution in [0.1, 0.15) is 21.7 Å². The Morgan fingerprint density at radius 1 is 1.07 bits per heavy atom. The second-order valence-corrected chi connectivity index (χ2v) is 8.41. The number of sulfone groups is 1. The molecule has 29 heavy (non-hydrogen) atoms. The fourth-order valence-corrected chi connectivity index (χ4v) is 3.30. The molecule has 0 aliphatic rings. The van der Waals surface area contributed by atoms with Crippen molar-refractivity contribution >= 4 is 33.4 Å². The number of nitrogens with one attached hydrogen (secondary N) is 1. The molecular formula is C19H19N5O4S. The first kappa shape index (κ1) is 20.2. The monoisotopic (exact) mass is 413 g/mol. The number of rotatable bonds is 7. The highest BCUT2D eigenvalue weighted by Gasteiger charge is 2.12. The molecule has 9 nitrogen and oxygen atoms in total. The SMILES string of the molecule is CS(=O)(=O)Cc1cccc(C(=O)OCc2nc(N)nc(Nc3ccccc3)n2)c1. The number of para-hydroxylation sites is 1. The van der Waals surface area contributed by atoms with Crippen LogP contribution in [0, 0.1) is 0 Å². The second kappa shape index (κ2) is 8.65. The van der Waals surface area contributed by atoms with E-state index in [1.165, 1.54) is 12.1 Å². The number of benzene rings is 2. The van der Waals surface area contributed by atoms with Gasteiger partial charge in [0, 0.05) is 11.9 Å². The normalized spacial score (nSPS) is 11.1. The van der Waals surface area contributed by atoms with Gasteiger partial charge < -0.3 is 15.8 Å². The van der Waals surface area contributed by atoms with E-state index in [1.54, 1.807) is 12.1 Å². The number of aromatic nitrogens is 3. The molecular weight excluding hydrogens is 394 g/mol. The Bertz CT molecular complexity index is 1120. The molecule has 10 heteroatoms. The zero-order valence-electron chi connectivity index (χ0n) is 15.6. The van der Waals surface area contributed by atoms with E-state index in [0.29, 0.717) is 5.56 Å². The number of ether oxygens (including phenoxy) is 1. The summed E-state index contributed by atoms with van der Waals surface area (Å²) in [6.07, 6.45) is 1.13. The van der Waals surface area contributed by atoms with Crippen LogP contribution in [0.15, 0.2) is 54.6 Å². The Kier molecular flexibility index (Phi) is 6.03. The lowest BCUT2D eigenvalue weighted by Gasteiger charge is -2.08. The molecule has 2 aromatic carbocycles. The number of carbonyl (C=O) groups is 1. The van der Waals surface area contributed by atoms with Crippen molar-refractivity contribution in [3.63, 3.8) is 0 Å². The first-order chi connectivity index (χ1) is 13.8. The van der Waals surface area contributed by atoms with Crippen molar-refractivity contribution in [2.24, 2.45) is 0 Å². The molecule has 3 aromatic rings. The molecule has 1 aromatic heterocycles. The lowest BCUT2D eigenvalue weighted by Crippen LogP contribution is -2.11. The third-order valence-electron chi connectivity index (χ3n) is 3.65. The number of hydrogen-bond acceptors (Lipinski definition) is 9. The quantitative estimate of drug-likeness (QED) is 0.558. The Hall–Kier alpha value is -3.53. The first-order valence-corrected chi connectivity index (χ1v) is 10.6. The van der Waals surface area contributed by atoms with Gasteiger partial charge in [0.1, 0.15) is 0 Å². The van der Waals surface area contributed by atoms with Crippen LogP contribution in [0.25, 0.3) is 0 Å². The van der Waals surface area contributed by atoms with Crippen LogP contribution in [-0.4, -0.2) is 35.6 Å². The third kappa shape index (κ3) is 6.25. The molecule has 0 atom stereocenters. The van der Waals surface area contributed by atoms with E-state index in [4.69, 9.17) is 10.5 Å². The molecule has 0 saturated heterocycles. The van der Waals surface area contributed by atoms with E-state index < -0.39 is 15.8 Å². The Balaban J connectivity index is 1.68. The highest BCUT2D eigenvalue weighted by molar-refractivity contribution is 7.89. The molecule has 0 saturated carbocycles. The van der Waals surface area contributed by atoms with Crippen LogP contribution < -0.4 is 11.1 Å². The molecule has 0 fully saturated rings. The standard InChI is InChI=1S/C19H19N5O4S/c1-29(26,27)12-13-6-5-7-14(10-13)17(25)28-11-16-22-18(20)24-19(23-16)21-15-8-3-2-4-9-15/h2-10H,11-12H2,1H3,(H3,20,21,22,23,24). The smallest absolute Gasteiger partial charge is 0.338 e. The lowest BCUT2D eigenvalue weighted by atomic mass is 10.1. The van der Waals surface area contributed by atoms with E-state index in [-0.39, 0.29) is 35.6 Å². The summed E-state index contributed by atoms with van der Waals surface area (Å²) < 4.78 is 28.1. The van der Waals surface area contributed by atoms with Crippen molar-refractivity contribution in [2.45, 2.75) is 12.4 Å². The Morgan fingerprint density at radius 3 is 2.55 bits per heavy atom. The fourth-order valence-electron chi connectivity index (χ4n) is 2.51. The van der Waals surface area contributed by atoms with Crippen molar-refractivity contribution in [3.8, 4) is 0 Å². The van der Waals surface area contributed by atoms with Gasteiger partial charge in [-0.1, -0.05) is 30.3 Å². The van der Waals surface area contributed by atoms with Crippen molar-refractivity contribution in [1.82, 2.24) is 15.0 Å². The molecule has 0 spiro atoms. The van der Waals surface area contributed by atoms with E-state index in [1.807, 2.05) is 30.3 Å². The van der Waals surface area contributed by atoms with Gasteiger partial charge in [0.05, 0.1) is 11.3 Å². The maximum Gasteiger partial charge on any atom is 0.338 e. The molecule has 1 heterocycles.